The van der Waals surface area contributed by atoms with E-state index in [1.165, 1.54) is 0 Å². The lowest BCUT2D eigenvalue weighted by atomic mass is 10.1. The molecule has 1 heterocycles. The Morgan fingerprint density at radius 3 is 2.44 bits per heavy atom. The normalized spacial score (nSPS) is 16.7. The first-order chi connectivity index (χ1) is 12.7. The molecular formula is C21H33N3O3. The van der Waals surface area contributed by atoms with E-state index in [1.54, 1.807) is 4.90 Å². The zero-order valence-electron chi connectivity index (χ0n) is 17.2. The molecule has 1 fully saturated rings. The second kappa shape index (κ2) is 9.22. The fourth-order valence-corrected chi connectivity index (χ4v) is 2.89. The number of hydrogen-bond donors (Lipinski definition) is 1. The minimum atomic E-state index is -0.468. The molecule has 150 valence electrons. The molecule has 0 bridgehead atoms. The van der Waals surface area contributed by atoms with E-state index in [4.69, 9.17) is 4.74 Å². The molecular weight excluding hydrogens is 342 g/mol. The van der Waals surface area contributed by atoms with Gasteiger partial charge in [0.05, 0.1) is 0 Å². The number of ether oxygens (including phenoxy) is 1. The van der Waals surface area contributed by atoms with Crippen LogP contribution < -0.4 is 5.32 Å². The van der Waals surface area contributed by atoms with Gasteiger partial charge in [-0.15, -0.1) is 0 Å². The molecule has 2 amide bonds. The number of benzene rings is 1. The minimum Gasteiger partial charge on any atom is -0.444 e. The van der Waals surface area contributed by atoms with Crippen molar-refractivity contribution in [1.29, 1.82) is 0 Å². The van der Waals surface area contributed by atoms with Crippen molar-refractivity contribution in [1.82, 2.24) is 15.1 Å². The largest absolute Gasteiger partial charge is 0.444 e. The van der Waals surface area contributed by atoms with Crippen LogP contribution in [0.4, 0.5) is 4.79 Å². The molecule has 0 radical (unpaired) electrons. The molecule has 6 heteroatoms. The van der Waals surface area contributed by atoms with E-state index in [2.05, 4.69) is 17.1 Å². The second-order valence-electron chi connectivity index (χ2n) is 8.23. The van der Waals surface area contributed by atoms with E-state index in [0.29, 0.717) is 18.7 Å². The van der Waals surface area contributed by atoms with E-state index in [1.807, 2.05) is 52.0 Å². The Morgan fingerprint density at radius 1 is 1.19 bits per heavy atom. The zero-order valence-corrected chi connectivity index (χ0v) is 17.2. The summed E-state index contributed by atoms with van der Waals surface area (Å²) < 4.78 is 5.44. The summed E-state index contributed by atoms with van der Waals surface area (Å²) in [6.45, 7) is 13.4. The molecule has 0 spiro atoms. The molecule has 1 aromatic carbocycles. The van der Waals surface area contributed by atoms with Crippen LogP contribution in [0.5, 0.6) is 0 Å². The van der Waals surface area contributed by atoms with Crippen LogP contribution in [0, 0.1) is 0 Å². The molecule has 0 unspecified atom stereocenters. The molecule has 1 aliphatic rings. The van der Waals surface area contributed by atoms with Gasteiger partial charge in [0.2, 0.25) is 0 Å². The van der Waals surface area contributed by atoms with E-state index < -0.39 is 5.60 Å². The summed E-state index contributed by atoms with van der Waals surface area (Å²) in [5.74, 6) is -0.0269. The van der Waals surface area contributed by atoms with Gasteiger partial charge in [-0.2, -0.15) is 0 Å². The van der Waals surface area contributed by atoms with E-state index in [-0.39, 0.29) is 18.0 Å². The standard InChI is InChI=1S/C21H33N3O3/c1-6-16(2)22-19(25)18-9-7-8-17(14-18)15-23-10-12-24(13-11-23)20(26)27-21(3,4)5/h7-9,14,16H,6,10-13,15H2,1-5H3,(H,22,25)/t16-/m1/s1. The van der Waals surface area contributed by atoms with E-state index in [9.17, 15) is 9.59 Å². The van der Waals surface area contributed by atoms with Crippen molar-refractivity contribution in [3.05, 3.63) is 35.4 Å². The third kappa shape index (κ3) is 6.86. The van der Waals surface area contributed by atoms with Gasteiger partial charge in [-0.05, 0) is 51.8 Å². The highest BCUT2D eigenvalue weighted by Gasteiger charge is 2.25. The molecule has 0 saturated carbocycles. The Morgan fingerprint density at radius 2 is 1.85 bits per heavy atom. The van der Waals surface area contributed by atoms with Crippen molar-refractivity contribution < 1.29 is 14.3 Å². The van der Waals surface area contributed by atoms with Gasteiger partial charge in [-0.3, -0.25) is 9.69 Å². The second-order valence-corrected chi connectivity index (χ2v) is 8.23. The van der Waals surface area contributed by atoms with E-state index >= 15 is 0 Å². The number of hydrogen-bond acceptors (Lipinski definition) is 4. The van der Waals surface area contributed by atoms with Gasteiger partial charge in [0, 0.05) is 44.3 Å². The lowest BCUT2D eigenvalue weighted by Gasteiger charge is -2.35. The SMILES string of the molecule is CC[C@@H](C)NC(=O)c1cccc(CN2CCN(C(=O)OC(C)(C)C)CC2)c1. The number of piperazine rings is 1. The molecule has 1 atom stereocenters. The van der Waals surface area contributed by atoms with Crippen LogP contribution in [0.3, 0.4) is 0 Å². The predicted molar refractivity (Wildman–Crippen MR) is 107 cm³/mol. The Bertz CT molecular complexity index is 646. The van der Waals surface area contributed by atoms with Gasteiger partial charge in [0.15, 0.2) is 0 Å². The van der Waals surface area contributed by atoms with Crippen LogP contribution >= 0.6 is 0 Å². The first-order valence-corrected chi connectivity index (χ1v) is 9.78. The maximum Gasteiger partial charge on any atom is 0.410 e. The lowest BCUT2D eigenvalue weighted by molar-refractivity contribution is 0.0139. The summed E-state index contributed by atoms with van der Waals surface area (Å²) >= 11 is 0. The van der Waals surface area contributed by atoms with Crippen LogP contribution in [0.1, 0.15) is 57.0 Å². The number of nitrogens with zero attached hydrogens (tertiary/aromatic N) is 2. The van der Waals surface area contributed by atoms with Gasteiger partial charge in [-0.25, -0.2) is 4.79 Å². The van der Waals surface area contributed by atoms with Crippen LogP contribution in [-0.2, 0) is 11.3 Å². The van der Waals surface area contributed by atoms with Crippen molar-refractivity contribution in [2.45, 2.75) is 59.2 Å². The molecule has 0 aliphatic carbocycles. The third-order valence-electron chi connectivity index (χ3n) is 4.61. The first kappa shape index (κ1) is 21.2. The average Bonchev–Trinajstić information content (AvgIpc) is 2.61. The molecule has 0 aromatic heterocycles. The van der Waals surface area contributed by atoms with Gasteiger partial charge < -0.3 is 15.0 Å². The predicted octanol–water partition coefficient (Wildman–Crippen LogP) is 3.27. The van der Waals surface area contributed by atoms with Gasteiger partial charge >= 0.3 is 6.09 Å². The number of amides is 2. The Hall–Kier alpha value is -2.08. The number of nitrogens with one attached hydrogen (secondary N) is 1. The van der Waals surface area contributed by atoms with E-state index in [0.717, 1.165) is 31.6 Å². The monoisotopic (exact) mass is 375 g/mol. The van der Waals surface area contributed by atoms with Crippen molar-refractivity contribution in [2.75, 3.05) is 26.2 Å². The highest BCUT2D eigenvalue weighted by Crippen LogP contribution is 2.14. The average molecular weight is 376 g/mol. The Balaban J connectivity index is 1.87. The summed E-state index contributed by atoms with van der Waals surface area (Å²) in [5, 5.41) is 3.00. The first-order valence-electron chi connectivity index (χ1n) is 9.78. The van der Waals surface area contributed by atoms with Crippen molar-refractivity contribution in [2.24, 2.45) is 0 Å². The fourth-order valence-electron chi connectivity index (χ4n) is 2.89. The maximum atomic E-state index is 12.3. The van der Waals surface area contributed by atoms with Crippen molar-refractivity contribution in [3.63, 3.8) is 0 Å². The molecule has 1 N–H and O–H groups in total. The molecule has 1 aliphatic heterocycles. The lowest BCUT2D eigenvalue weighted by Crippen LogP contribution is -2.49. The highest BCUT2D eigenvalue weighted by atomic mass is 16.6. The molecule has 27 heavy (non-hydrogen) atoms. The maximum absolute atomic E-state index is 12.3. The summed E-state index contributed by atoms with van der Waals surface area (Å²) in [7, 11) is 0. The Labute approximate surface area is 162 Å². The highest BCUT2D eigenvalue weighted by molar-refractivity contribution is 5.94. The summed E-state index contributed by atoms with van der Waals surface area (Å²) in [6.07, 6.45) is 0.666. The van der Waals surface area contributed by atoms with Crippen molar-refractivity contribution in [3.8, 4) is 0 Å². The summed E-state index contributed by atoms with van der Waals surface area (Å²) in [4.78, 5) is 28.5. The molecule has 1 aromatic rings. The number of carbonyl (C=O) groups excluding carboxylic acids is 2. The van der Waals surface area contributed by atoms with Crippen LogP contribution in [0.15, 0.2) is 24.3 Å². The van der Waals surface area contributed by atoms with Crippen molar-refractivity contribution >= 4 is 12.0 Å². The van der Waals surface area contributed by atoms with Crippen LogP contribution in [-0.4, -0.2) is 59.6 Å². The summed E-state index contributed by atoms with van der Waals surface area (Å²) in [5.41, 5.74) is 1.34. The molecule has 2 rings (SSSR count). The topological polar surface area (TPSA) is 61.9 Å². The smallest absolute Gasteiger partial charge is 0.410 e. The fraction of sp³-hybridized carbons (Fsp3) is 0.619. The zero-order chi connectivity index (χ0) is 20.0. The Kier molecular flexibility index (Phi) is 7.25. The number of carbonyl (C=O) groups is 2. The summed E-state index contributed by atoms with van der Waals surface area (Å²) in [6, 6.07) is 7.94. The minimum absolute atomic E-state index is 0.0269. The van der Waals surface area contributed by atoms with Crippen LogP contribution in [0.2, 0.25) is 0 Å². The quantitative estimate of drug-likeness (QED) is 0.858. The van der Waals surface area contributed by atoms with Gasteiger partial charge in [0.1, 0.15) is 5.60 Å². The number of rotatable bonds is 5. The van der Waals surface area contributed by atoms with Crippen LogP contribution in [0.25, 0.3) is 0 Å². The molecule has 1 saturated heterocycles. The molecule has 6 nitrogen and oxygen atoms in total. The van der Waals surface area contributed by atoms with Gasteiger partial charge in [0.25, 0.3) is 5.91 Å². The third-order valence-corrected chi connectivity index (χ3v) is 4.61. The van der Waals surface area contributed by atoms with Gasteiger partial charge in [-0.1, -0.05) is 19.1 Å².